The molecule has 0 atom stereocenters. The molecule has 0 unspecified atom stereocenters. The van der Waals surface area contributed by atoms with Crippen molar-refractivity contribution in [1.29, 1.82) is 0 Å². The molecule has 1 N–H and O–H groups in total. The molecule has 0 saturated heterocycles. The van der Waals surface area contributed by atoms with Gasteiger partial charge in [-0.05, 0) is 23.8 Å². The highest BCUT2D eigenvalue weighted by atomic mass is 16.7. The number of benzene rings is 2. The van der Waals surface area contributed by atoms with Crippen LogP contribution in [0.25, 0.3) is 0 Å². The largest absolute Gasteiger partial charge is 0.478 e. The summed E-state index contributed by atoms with van der Waals surface area (Å²) in [6.45, 7) is 0.219. The van der Waals surface area contributed by atoms with Crippen LogP contribution in [0.1, 0.15) is 15.9 Å². The van der Waals surface area contributed by atoms with Crippen LogP contribution in [0.4, 0.5) is 5.69 Å². The third-order valence-electron chi connectivity index (χ3n) is 2.66. The van der Waals surface area contributed by atoms with Crippen LogP contribution in [0.5, 0.6) is 0 Å². The summed E-state index contributed by atoms with van der Waals surface area (Å²) in [7, 11) is 0. The highest BCUT2D eigenvalue weighted by Crippen LogP contribution is 2.16. The quantitative estimate of drug-likeness (QED) is 0.647. The Bertz CT molecular complexity index is 598. The lowest BCUT2D eigenvalue weighted by Gasteiger charge is -2.17. The Morgan fingerprint density at radius 1 is 1.15 bits per heavy atom. The lowest BCUT2D eigenvalue weighted by Crippen LogP contribution is -2.21. The normalized spacial score (nSPS) is 10.0. The van der Waals surface area contributed by atoms with Gasteiger partial charge in [0, 0.05) is 0 Å². The number of amides is 1. The van der Waals surface area contributed by atoms with Gasteiger partial charge in [-0.15, -0.1) is 0 Å². The number of carbonyl (C=O) groups is 2. The van der Waals surface area contributed by atoms with Crippen LogP contribution in [0.3, 0.4) is 0 Å². The van der Waals surface area contributed by atoms with Crippen molar-refractivity contribution >= 4 is 18.1 Å². The molecule has 0 radical (unpaired) electrons. The minimum atomic E-state index is -1.05. The molecule has 0 aliphatic rings. The van der Waals surface area contributed by atoms with Crippen LogP contribution in [0.15, 0.2) is 54.6 Å². The van der Waals surface area contributed by atoms with E-state index in [1.54, 1.807) is 12.1 Å². The molecule has 0 aliphatic heterocycles. The smallest absolute Gasteiger partial charge is 0.335 e. The Morgan fingerprint density at radius 2 is 1.90 bits per heavy atom. The fraction of sp³-hybridized carbons (Fsp3) is 0.0667. The summed E-state index contributed by atoms with van der Waals surface area (Å²) in [5.74, 6) is -1.05. The van der Waals surface area contributed by atoms with E-state index in [1.165, 1.54) is 12.1 Å². The lowest BCUT2D eigenvalue weighted by atomic mass is 10.2. The molecule has 0 aliphatic carbocycles. The number of carboxylic acid groups (broad SMARTS) is 1. The zero-order valence-corrected chi connectivity index (χ0v) is 10.6. The van der Waals surface area contributed by atoms with Gasteiger partial charge in [-0.3, -0.25) is 9.63 Å². The van der Waals surface area contributed by atoms with Crippen molar-refractivity contribution in [2.45, 2.75) is 6.61 Å². The van der Waals surface area contributed by atoms with Gasteiger partial charge in [-0.1, -0.05) is 36.4 Å². The third-order valence-corrected chi connectivity index (χ3v) is 2.66. The Kier molecular flexibility index (Phi) is 4.47. The molecular formula is C15H13NO4. The number of rotatable bonds is 6. The molecule has 5 nitrogen and oxygen atoms in total. The van der Waals surface area contributed by atoms with E-state index in [0.29, 0.717) is 12.1 Å². The number of anilines is 1. The molecule has 0 fully saturated rings. The summed E-state index contributed by atoms with van der Waals surface area (Å²) < 4.78 is 0. The molecule has 0 heterocycles. The summed E-state index contributed by atoms with van der Waals surface area (Å²) in [5.41, 5.74) is 1.38. The predicted molar refractivity (Wildman–Crippen MR) is 73.2 cm³/mol. The first-order valence-corrected chi connectivity index (χ1v) is 5.95. The Labute approximate surface area is 116 Å². The first-order valence-electron chi connectivity index (χ1n) is 5.95. The summed E-state index contributed by atoms with van der Waals surface area (Å²) in [6.07, 6.45) is 0.504. The van der Waals surface area contributed by atoms with Gasteiger partial charge in [0.1, 0.15) is 6.61 Å². The van der Waals surface area contributed by atoms with Gasteiger partial charge in [0.25, 0.3) is 0 Å². The van der Waals surface area contributed by atoms with Crippen LogP contribution >= 0.6 is 0 Å². The van der Waals surface area contributed by atoms with Crippen LogP contribution in [0, 0.1) is 0 Å². The first kappa shape index (κ1) is 13.8. The standard InChI is InChI=1S/C15H13NO4/c17-11-16(20-10-12-5-2-1-3-6-12)14-8-4-7-13(9-14)15(18)19/h1-9,11H,10H2,(H,18,19). The number of hydrogen-bond donors (Lipinski definition) is 1. The third kappa shape index (κ3) is 3.43. The van der Waals surface area contributed by atoms with Gasteiger partial charge in [0.15, 0.2) is 0 Å². The zero-order chi connectivity index (χ0) is 14.4. The topological polar surface area (TPSA) is 66.8 Å². The molecule has 0 saturated carbocycles. The van der Waals surface area contributed by atoms with E-state index in [4.69, 9.17) is 9.94 Å². The molecule has 0 bridgehead atoms. The molecule has 2 aromatic carbocycles. The summed E-state index contributed by atoms with van der Waals surface area (Å²) in [6, 6.07) is 15.4. The van der Waals surface area contributed by atoms with Crippen LogP contribution < -0.4 is 5.06 Å². The van der Waals surface area contributed by atoms with Crippen molar-refractivity contribution < 1.29 is 19.5 Å². The Morgan fingerprint density at radius 3 is 2.55 bits per heavy atom. The summed E-state index contributed by atoms with van der Waals surface area (Å²) in [4.78, 5) is 27.3. The summed E-state index contributed by atoms with van der Waals surface area (Å²) >= 11 is 0. The second-order valence-electron chi connectivity index (χ2n) is 4.05. The van der Waals surface area contributed by atoms with E-state index in [1.807, 2.05) is 30.3 Å². The van der Waals surface area contributed by atoms with Crippen molar-refractivity contribution in [1.82, 2.24) is 0 Å². The van der Waals surface area contributed by atoms with Crippen LogP contribution in [-0.2, 0) is 16.2 Å². The maximum atomic E-state index is 11.1. The lowest BCUT2D eigenvalue weighted by molar-refractivity contribution is -0.114. The van der Waals surface area contributed by atoms with Crippen LogP contribution in [-0.4, -0.2) is 17.5 Å². The van der Waals surface area contributed by atoms with E-state index in [2.05, 4.69) is 0 Å². The molecule has 20 heavy (non-hydrogen) atoms. The summed E-state index contributed by atoms with van der Waals surface area (Å²) in [5, 5.41) is 9.94. The van der Waals surface area contributed by atoms with E-state index >= 15 is 0 Å². The number of carboxylic acids is 1. The maximum absolute atomic E-state index is 11.1. The van der Waals surface area contributed by atoms with Crippen molar-refractivity contribution in [2.75, 3.05) is 5.06 Å². The van der Waals surface area contributed by atoms with E-state index in [9.17, 15) is 9.59 Å². The predicted octanol–water partition coefficient (Wildman–Crippen LogP) is 2.48. The van der Waals surface area contributed by atoms with Gasteiger partial charge in [0.2, 0.25) is 6.41 Å². The maximum Gasteiger partial charge on any atom is 0.335 e. The molecule has 0 spiro atoms. The van der Waals surface area contributed by atoms with Crippen molar-refractivity contribution in [3.05, 3.63) is 65.7 Å². The number of carbonyl (C=O) groups excluding carboxylic acids is 1. The average Bonchev–Trinajstić information content (AvgIpc) is 2.49. The van der Waals surface area contributed by atoms with E-state index in [-0.39, 0.29) is 12.2 Å². The second-order valence-corrected chi connectivity index (χ2v) is 4.05. The molecular weight excluding hydrogens is 258 g/mol. The fourth-order valence-electron chi connectivity index (χ4n) is 1.66. The monoisotopic (exact) mass is 271 g/mol. The highest BCUT2D eigenvalue weighted by molar-refractivity contribution is 5.89. The first-order chi connectivity index (χ1) is 9.70. The second kappa shape index (κ2) is 6.49. The van der Waals surface area contributed by atoms with Gasteiger partial charge < -0.3 is 5.11 Å². The Balaban J connectivity index is 2.10. The molecule has 0 aromatic heterocycles. The van der Waals surface area contributed by atoms with Gasteiger partial charge in [-0.2, -0.15) is 5.06 Å². The number of aromatic carboxylic acids is 1. The van der Waals surface area contributed by atoms with Crippen LogP contribution in [0.2, 0.25) is 0 Å². The van der Waals surface area contributed by atoms with Gasteiger partial charge >= 0.3 is 5.97 Å². The van der Waals surface area contributed by atoms with Crippen molar-refractivity contribution in [3.8, 4) is 0 Å². The SMILES string of the molecule is O=CN(OCc1ccccc1)c1cccc(C(=O)O)c1. The molecule has 1 amide bonds. The average molecular weight is 271 g/mol. The Hall–Kier alpha value is -2.66. The van der Waals surface area contributed by atoms with Crippen molar-refractivity contribution in [3.63, 3.8) is 0 Å². The highest BCUT2D eigenvalue weighted by Gasteiger charge is 2.09. The molecule has 5 heteroatoms. The van der Waals surface area contributed by atoms with Gasteiger partial charge in [0.05, 0.1) is 11.3 Å². The fourth-order valence-corrected chi connectivity index (χ4v) is 1.66. The molecule has 102 valence electrons. The number of nitrogens with zero attached hydrogens (tertiary/aromatic N) is 1. The number of hydroxylamine groups is 1. The minimum absolute atomic E-state index is 0.0951. The van der Waals surface area contributed by atoms with E-state index < -0.39 is 5.97 Å². The molecule has 2 rings (SSSR count). The minimum Gasteiger partial charge on any atom is -0.478 e. The zero-order valence-electron chi connectivity index (χ0n) is 10.6. The molecule has 2 aromatic rings. The van der Waals surface area contributed by atoms with E-state index in [0.717, 1.165) is 10.6 Å². The van der Waals surface area contributed by atoms with Gasteiger partial charge in [-0.25, -0.2) is 4.79 Å². The van der Waals surface area contributed by atoms with Crippen molar-refractivity contribution in [2.24, 2.45) is 0 Å². The number of hydrogen-bond acceptors (Lipinski definition) is 3.